The summed E-state index contributed by atoms with van der Waals surface area (Å²) in [6.07, 6.45) is 2.26. The summed E-state index contributed by atoms with van der Waals surface area (Å²) in [5.41, 5.74) is 0.964. The highest BCUT2D eigenvalue weighted by Gasteiger charge is 2.27. The Morgan fingerprint density at radius 1 is 1.59 bits per heavy atom. The Kier molecular flexibility index (Phi) is 4.86. The van der Waals surface area contributed by atoms with Gasteiger partial charge in [0.05, 0.1) is 0 Å². The number of rotatable bonds is 6. The van der Waals surface area contributed by atoms with Gasteiger partial charge in [0, 0.05) is 41.9 Å². The Balaban J connectivity index is 2.60. The van der Waals surface area contributed by atoms with Gasteiger partial charge in [0.1, 0.15) is 5.25 Å². The van der Waals surface area contributed by atoms with Crippen LogP contribution in [0.15, 0.2) is 12.3 Å². The van der Waals surface area contributed by atoms with Crippen molar-refractivity contribution in [3.63, 3.8) is 0 Å². The van der Waals surface area contributed by atoms with Crippen LogP contribution in [0.3, 0.4) is 0 Å². The van der Waals surface area contributed by atoms with Crippen molar-refractivity contribution < 1.29 is 14.1 Å². The molecule has 1 N–H and O–H groups in total. The van der Waals surface area contributed by atoms with Gasteiger partial charge >= 0.3 is 5.97 Å². The van der Waals surface area contributed by atoms with E-state index >= 15 is 0 Å². The van der Waals surface area contributed by atoms with Crippen LogP contribution in [0.2, 0.25) is 0 Å². The summed E-state index contributed by atoms with van der Waals surface area (Å²) in [6.45, 7) is 3.56. The van der Waals surface area contributed by atoms with Crippen LogP contribution in [-0.4, -0.2) is 36.1 Å². The molecule has 0 radical (unpaired) electrons. The minimum Gasteiger partial charge on any atom is -0.480 e. The maximum absolute atomic E-state index is 11.9. The first-order chi connectivity index (χ1) is 7.93. The van der Waals surface area contributed by atoms with Gasteiger partial charge in [-0.25, -0.2) is 0 Å². The first-order valence-corrected chi connectivity index (χ1v) is 6.88. The molecule has 0 aliphatic heterocycles. The molecule has 0 spiro atoms. The van der Waals surface area contributed by atoms with Gasteiger partial charge in [-0.15, -0.1) is 0 Å². The van der Waals surface area contributed by atoms with Gasteiger partial charge in [-0.2, -0.15) is 5.10 Å². The minimum atomic E-state index is -1.35. The molecule has 96 valence electrons. The van der Waals surface area contributed by atoms with Gasteiger partial charge in [0.15, 0.2) is 0 Å². The monoisotopic (exact) mass is 258 g/mol. The summed E-state index contributed by atoms with van der Waals surface area (Å²) in [6, 6.07) is 1.85. The molecule has 0 amide bonds. The van der Waals surface area contributed by atoms with E-state index in [2.05, 4.69) is 5.10 Å². The number of hydrogen-bond acceptors (Lipinski definition) is 3. The average molecular weight is 258 g/mol. The number of carbonyl (C=O) groups is 1. The minimum absolute atomic E-state index is 0.125. The zero-order valence-electron chi connectivity index (χ0n) is 10.3. The van der Waals surface area contributed by atoms with Crippen LogP contribution in [0.4, 0.5) is 0 Å². The maximum atomic E-state index is 11.9. The molecule has 0 bridgehead atoms. The van der Waals surface area contributed by atoms with E-state index in [4.69, 9.17) is 5.11 Å². The fourth-order valence-corrected chi connectivity index (χ4v) is 3.18. The molecule has 0 fully saturated rings. The summed E-state index contributed by atoms with van der Waals surface area (Å²) in [5, 5.41) is 12.2. The van der Waals surface area contributed by atoms with Gasteiger partial charge in [-0.05, 0) is 12.0 Å². The van der Waals surface area contributed by atoms with E-state index in [1.165, 1.54) is 0 Å². The second-order valence-electron chi connectivity index (χ2n) is 4.28. The maximum Gasteiger partial charge on any atom is 0.319 e. The average Bonchev–Trinajstić information content (AvgIpc) is 2.59. The largest absolute Gasteiger partial charge is 0.480 e. The summed E-state index contributed by atoms with van der Waals surface area (Å²) < 4.78 is 13.6. The van der Waals surface area contributed by atoms with Gasteiger partial charge < -0.3 is 5.11 Å². The third-order valence-electron chi connectivity index (χ3n) is 2.61. The molecule has 1 rings (SSSR count). The van der Waals surface area contributed by atoms with Gasteiger partial charge in [-0.1, -0.05) is 13.8 Å². The van der Waals surface area contributed by atoms with Gasteiger partial charge in [0.25, 0.3) is 0 Å². The van der Waals surface area contributed by atoms with Crippen molar-refractivity contribution in [3.05, 3.63) is 18.0 Å². The SMILES string of the molecule is CC(C)C(C(=O)O)S(=O)CCc1ccnn1C. The van der Waals surface area contributed by atoms with E-state index in [0.29, 0.717) is 12.2 Å². The van der Waals surface area contributed by atoms with Crippen LogP contribution in [-0.2, 0) is 29.1 Å². The van der Waals surface area contributed by atoms with Crippen molar-refractivity contribution in [1.82, 2.24) is 9.78 Å². The number of nitrogens with zero attached hydrogens (tertiary/aromatic N) is 2. The molecule has 17 heavy (non-hydrogen) atoms. The lowest BCUT2D eigenvalue weighted by Crippen LogP contribution is -2.32. The molecule has 0 saturated heterocycles. The Bertz CT molecular complexity index is 415. The quantitative estimate of drug-likeness (QED) is 0.820. The van der Waals surface area contributed by atoms with E-state index in [9.17, 15) is 9.00 Å². The number of aromatic nitrogens is 2. The number of hydrogen-bond donors (Lipinski definition) is 1. The van der Waals surface area contributed by atoms with Crippen LogP contribution in [0.1, 0.15) is 19.5 Å². The molecule has 1 heterocycles. The smallest absolute Gasteiger partial charge is 0.319 e. The lowest BCUT2D eigenvalue weighted by molar-refractivity contribution is -0.137. The predicted octanol–water partition coefficient (Wildman–Crippen LogP) is 0.821. The number of aryl methyl sites for hydroxylation is 2. The zero-order valence-corrected chi connectivity index (χ0v) is 11.1. The van der Waals surface area contributed by atoms with Gasteiger partial charge in [0.2, 0.25) is 0 Å². The van der Waals surface area contributed by atoms with Crippen LogP contribution >= 0.6 is 0 Å². The highest BCUT2D eigenvalue weighted by atomic mass is 32.2. The summed E-state index contributed by atoms with van der Waals surface area (Å²) >= 11 is 0. The number of aliphatic carboxylic acids is 1. The molecule has 0 aliphatic rings. The first kappa shape index (κ1) is 13.9. The molecule has 2 atom stereocenters. The normalized spacial score (nSPS) is 14.8. The second-order valence-corrected chi connectivity index (χ2v) is 5.96. The zero-order chi connectivity index (χ0) is 13.0. The van der Waals surface area contributed by atoms with E-state index in [0.717, 1.165) is 5.69 Å². The fourth-order valence-electron chi connectivity index (χ4n) is 1.68. The molecule has 1 aromatic rings. The third-order valence-corrected chi connectivity index (χ3v) is 4.53. The Morgan fingerprint density at radius 2 is 2.24 bits per heavy atom. The Labute approximate surface area is 103 Å². The summed E-state index contributed by atoms with van der Waals surface area (Å²) in [7, 11) is 0.463. The molecular weight excluding hydrogens is 240 g/mol. The summed E-state index contributed by atoms with van der Waals surface area (Å²) in [4.78, 5) is 11.0. The molecule has 6 heteroatoms. The fraction of sp³-hybridized carbons (Fsp3) is 0.636. The third kappa shape index (κ3) is 3.66. The Morgan fingerprint density at radius 3 is 2.65 bits per heavy atom. The van der Waals surface area contributed by atoms with Crippen molar-refractivity contribution in [2.45, 2.75) is 25.5 Å². The van der Waals surface area contributed by atoms with Crippen LogP contribution in [0.25, 0.3) is 0 Å². The van der Waals surface area contributed by atoms with E-state index in [1.807, 2.05) is 13.1 Å². The molecule has 0 aliphatic carbocycles. The molecule has 1 aromatic heterocycles. The number of carboxylic acid groups (broad SMARTS) is 1. The van der Waals surface area contributed by atoms with E-state index in [-0.39, 0.29) is 5.92 Å². The number of carboxylic acids is 1. The topological polar surface area (TPSA) is 72.2 Å². The van der Waals surface area contributed by atoms with Crippen LogP contribution in [0, 0.1) is 5.92 Å². The highest BCUT2D eigenvalue weighted by Crippen LogP contribution is 2.11. The van der Waals surface area contributed by atoms with Crippen molar-refractivity contribution in [2.24, 2.45) is 13.0 Å². The molecular formula is C11H18N2O3S. The first-order valence-electron chi connectivity index (χ1n) is 5.50. The van der Waals surface area contributed by atoms with E-state index in [1.54, 1.807) is 24.7 Å². The van der Waals surface area contributed by atoms with Gasteiger partial charge in [-0.3, -0.25) is 13.7 Å². The lowest BCUT2D eigenvalue weighted by atomic mass is 10.1. The molecule has 2 unspecified atom stereocenters. The van der Waals surface area contributed by atoms with Crippen LogP contribution < -0.4 is 0 Å². The standard InChI is InChI=1S/C11H18N2O3S/c1-8(2)10(11(14)15)17(16)7-5-9-4-6-12-13(9)3/h4,6,8,10H,5,7H2,1-3H3,(H,14,15). The van der Waals surface area contributed by atoms with Crippen LogP contribution in [0.5, 0.6) is 0 Å². The summed E-state index contributed by atoms with van der Waals surface area (Å²) in [5.74, 6) is -0.752. The predicted molar refractivity (Wildman–Crippen MR) is 66.2 cm³/mol. The van der Waals surface area contributed by atoms with Crippen molar-refractivity contribution >= 4 is 16.8 Å². The molecule has 0 saturated carbocycles. The van der Waals surface area contributed by atoms with Crippen molar-refractivity contribution in [2.75, 3.05) is 5.75 Å². The van der Waals surface area contributed by atoms with Crippen molar-refractivity contribution in [1.29, 1.82) is 0 Å². The van der Waals surface area contributed by atoms with E-state index < -0.39 is 22.0 Å². The molecule has 5 nitrogen and oxygen atoms in total. The second kappa shape index (κ2) is 5.95. The molecule has 0 aromatic carbocycles. The Hall–Kier alpha value is -1.17. The lowest BCUT2D eigenvalue weighted by Gasteiger charge is -2.15. The highest BCUT2D eigenvalue weighted by molar-refractivity contribution is 7.86. The van der Waals surface area contributed by atoms with Crippen molar-refractivity contribution in [3.8, 4) is 0 Å².